The molecule has 0 radical (unpaired) electrons. The van der Waals surface area contributed by atoms with Gasteiger partial charge in [-0.25, -0.2) is 0 Å². The van der Waals surface area contributed by atoms with E-state index in [1.165, 1.54) is 51.4 Å². The number of hydrogen-bond acceptors (Lipinski definition) is 0. The molecule has 118 valence electrons. The van der Waals surface area contributed by atoms with Gasteiger partial charge in [0.1, 0.15) is 0 Å². The molecule has 1 heteroatoms. The number of halogens is 1. The summed E-state index contributed by atoms with van der Waals surface area (Å²) in [6.07, 6.45) is 3.41. The van der Waals surface area contributed by atoms with Gasteiger partial charge in [-0.15, -0.1) is 0 Å². The van der Waals surface area contributed by atoms with E-state index < -0.39 is 0 Å². The van der Waals surface area contributed by atoms with E-state index in [2.05, 4.69) is 69.3 Å². The number of rotatable bonds is 4. The van der Waals surface area contributed by atoms with Crippen LogP contribution in [0.2, 0.25) is 5.02 Å². The Morgan fingerprint density at radius 1 is 0.957 bits per heavy atom. The second-order valence-electron chi connectivity index (χ2n) is 6.30. The smallest absolute Gasteiger partial charge is 0.0519 e. The SMILES string of the molecule is CCCCc1cc(C)c(C)c(-c2cccc3ccccc23)c1Cl. The predicted molar refractivity (Wildman–Crippen MR) is 102 cm³/mol. The van der Waals surface area contributed by atoms with E-state index in [0.717, 1.165) is 11.4 Å². The largest absolute Gasteiger partial charge is 0.0833 e. The van der Waals surface area contributed by atoms with Crippen LogP contribution >= 0.6 is 11.6 Å². The Hall–Kier alpha value is -1.79. The molecule has 0 amide bonds. The summed E-state index contributed by atoms with van der Waals surface area (Å²) in [5.41, 5.74) is 6.33. The Morgan fingerprint density at radius 2 is 1.70 bits per heavy atom. The first-order valence-electron chi connectivity index (χ1n) is 8.40. The Bertz CT molecular complexity index is 841. The van der Waals surface area contributed by atoms with Crippen LogP contribution in [0.3, 0.4) is 0 Å². The molecule has 0 aliphatic rings. The summed E-state index contributed by atoms with van der Waals surface area (Å²) in [6, 6.07) is 17.3. The van der Waals surface area contributed by atoms with Gasteiger partial charge >= 0.3 is 0 Å². The molecule has 0 atom stereocenters. The number of unbranched alkanes of at least 4 members (excludes halogenated alkanes) is 1. The van der Waals surface area contributed by atoms with Crippen LogP contribution in [0.4, 0.5) is 0 Å². The number of fused-ring (bicyclic) bond motifs is 1. The normalized spacial score (nSPS) is 11.1. The number of aryl methyl sites for hydroxylation is 2. The molecule has 0 N–H and O–H groups in total. The van der Waals surface area contributed by atoms with Gasteiger partial charge in [-0.05, 0) is 59.7 Å². The Kier molecular flexibility index (Phi) is 4.73. The van der Waals surface area contributed by atoms with Crippen LogP contribution in [-0.2, 0) is 6.42 Å². The fraction of sp³-hybridized carbons (Fsp3) is 0.273. The van der Waals surface area contributed by atoms with E-state index in [0.29, 0.717) is 0 Å². The molecule has 0 saturated heterocycles. The summed E-state index contributed by atoms with van der Waals surface area (Å²) in [6.45, 7) is 6.60. The first-order chi connectivity index (χ1) is 11.1. The van der Waals surface area contributed by atoms with Gasteiger partial charge in [0.05, 0.1) is 5.02 Å². The van der Waals surface area contributed by atoms with Crippen molar-refractivity contribution < 1.29 is 0 Å². The molecule has 0 aliphatic heterocycles. The Morgan fingerprint density at radius 3 is 2.48 bits per heavy atom. The minimum absolute atomic E-state index is 0.929. The minimum Gasteiger partial charge on any atom is -0.0833 e. The molecule has 3 rings (SSSR count). The molecule has 23 heavy (non-hydrogen) atoms. The van der Waals surface area contributed by atoms with Gasteiger partial charge < -0.3 is 0 Å². The van der Waals surface area contributed by atoms with Gasteiger partial charge in [-0.1, -0.05) is 73.5 Å². The predicted octanol–water partition coefficient (Wildman–Crippen LogP) is 7.12. The maximum atomic E-state index is 6.86. The van der Waals surface area contributed by atoms with E-state index in [4.69, 9.17) is 11.6 Å². The lowest BCUT2D eigenvalue weighted by Crippen LogP contribution is -1.96. The van der Waals surface area contributed by atoms with E-state index in [9.17, 15) is 0 Å². The summed E-state index contributed by atoms with van der Waals surface area (Å²) in [7, 11) is 0. The van der Waals surface area contributed by atoms with Crippen molar-refractivity contribution in [3.05, 3.63) is 70.2 Å². The van der Waals surface area contributed by atoms with Crippen molar-refractivity contribution in [1.82, 2.24) is 0 Å². The highest BCUT2D eigenvalue weighted by atomic mass is 35.5. The lowest BCUT2D eigenvalue weighted by molar-refractivity contribution is 0.794. The highest BCUT2D eigenvalue weighted by molar-refractivity contribution is 6.34. The van der Waals surface area contributed by atoms with Crippen molar-refractivity contribution in [3.8, 4) is 11.1 Å². The van der Waals surface area contributed by atoms with Gasteiger partial charge in [0.25, 0.3) is 0 Å². The van der Waals surface area contributed by atoms with Crippen LogP contribution in [0, 0.1) is 13.8 Å². The molecule has 0 aromatic heterocycles. The van der Waals surface area contributed by atoms with Crippen LogP contribution in [0.25, 0.3) is 21.9 Å². The molecule has 0 aliphatic carbocycles. The quantitative estimate of drug-likeness (QED) is 0.479. The van der Waals surface area contributed by atoms with Crippen molar-refractivity contribution in [3.63, 3.8) is 0 Å². The van der Waals surface area contributed by atoms with Gasteiger partial charge in [0.15, 0.2) is 0 Å². The van der Waals surface area contributed by atoms with Gasteiger partial charge in [-0.3, -0.25) is 0 Å². The summed E-state index contributed by atoms with van der Waals surface area (Å²) in [5, 5.41) is 3.46. The Balaban J connectivity index is 2.27. The fourth-order valence-electron chi connectivity index (χ4n) is 3.27. The first-order valence-corrected chi connectivity index (χ1v) is 8.78. The molecule has 0 nitrogen and oxygen atoms in total. The molecule has 0 unspecified atom stereocenters. The maximum Gasteiger partial charge on any atom is 0.0519 e. The van der Waals surface area contributed by atoms with Crippen LogP contribution < -0.4 is 0 Å². The molecular formula is C22H23Cl. The highest BCUT2D eigenvalue weighted by Gasteiger charge is 2.15. The standard InChI is InChI=1S/C22H23Cl/c1-4-5-9-18-14-15(2)16(3)21(22(18)23)20-13-8-11-17-10-6-7-12-19(17)20/h6-8,10-14H,4-5,9H2,1-3H3. The third-order valence-corrected chi connectivity index (χ3v) is 5.15. The van der Waals surface area contributed by atoms with Crippen LogP contribution in [0.15, 0.2) is 48.5 Å². The van der Waals surface area contributed by atoms with Crippen molar-refractivity contribution in [2.45, 2.75) is 40.0 Å². The van der Waals surface area contributed by atoms with Gasteiger partial charge in [0.2, 0.25) is 0 Å². The lowest BCUT2D eigenvalue weighted by atomic mass is 9.90. The summed E-state index contributed by atoms with van der Waals surface area (Å²) in [4.78, 5) is 0. The average Bonchev–Trinajstić information content (AvgIpc) is 2.57. The second kappa shape index (κ2) is 6.76. The second-order valence-corrected chi connectivity index (χ2v) is 6.67. The molecule has 0 spiro atoms. The zero-order valence-corrected chi connectivity index (χ0v) is 14.9. The van der Waals surface area contributed by atoms with Crippen molar-refractivity contribution in [2.24, 2.45) is 0 Å². The van der Waals surface area contributed by atoms with Crippen LogP contribution in [0.1, 0.15) is 36.5 Å². The zero-order valence-electron chi connectivity index (χ0n) is 14.1. The highest BCUT2D eigenvalue weighted by Crippen LogP contribution is 2.39. The third kappa shape index (κ3) is 3.01. The summed E-state index contributed by atoms with van der Waals surface area (Å²) in [5.74, 6) is 0. The molecular weight excluding hydrogens is 300 g/mol. The van der Waals surface area contributed by atoms with E-state index in [1.807, 2.05) is 0 Å². The molecule has 0 bridgehead atoms. The molecule has 3 aromatic carbocycles. The topological polar surface area (TPSA) is 0 Å². The Labute approximate surface area is 144 Å². The van der Waals surface area contributed by atoms with E-state index in [-0.39, 0.29) is 0 Å². The minimum atomic E-state index is 0.929. The van der Waals surface area contributed by atoms with Crippen LogP contribution in [-0.4, -0.2) is 0 Å². The number of hydrogen-bond donors (Lipinski definition) is 0. The van der Waals surface area contributed by atoms with Crippen molar-refractivity contribution in [2.75, 3.05) is 0 Å². The van der Waals surface area contributed by atoms with E-state index in [1.54, 1.807) is 0 Å². The third-order valence-electron chi connectivity index (χ3n) is 4.72. The van der Waals surface area contributed by atoms with E-state index >= 15 is 0 Å². The molecule has 0 fully saturated rings. The average molecular weight is 323 g/mol. The molecule has 0 saturated carbocycles. The lowest BCUT2D eigenvalue weighted by Gasteiger charge is -2.17. The van der Waals surface area contributed by atoms with Crippen molar-refractivity contribution >= 4 is 22.4 Å². The van der Waals surface area contributed by atoms with Crippen LogP contribution in [0.5, 0.6) is 0 Å². The van der Waals surface area contributed by atoms with Gasteiger partial charge in [-0.2, -0.15) is 0 Å². The fourth-order valence-corrected chi connectivity index (χ4v) is 3.66. The molecule has 0 heterocycles. The zero-order chi connectivity index (χ0) is 16.4. The maximum absolute atomic E-state index is 6.86. The monoisotopic (exact) mass is 322 g/mol. The molecule has 3 aromatic rings. The number of benzene rings is 3. The summed E-state index contributed by atoms with van der Waals surface area (Å²) >= 11 is 6.86. The summed E-state index contributed by atoms with van der Waals surface area (Å²) < 4.78 is 0. The first kappa shape index (κ1) is 16.1. The van der Waals surface area contributed by atoms with Crippen molar-refractivity contribution in [1.29, 1.82) is 0 Å². The van der Waals surface area contributed by atoms with Gasteiger partial charge in [0, 0.05) is 5.56 Å².